The van der Waals surface area contributed by atoms with E-state index in [-0.39, 0.29) is 23.1 Å². The molecule has 2 aromatic heterocycles. The van der Waals surface area contributed by atoms with Crippen LogP contribution in [-0.4, -0.2) is 43.4 Å². The third-order valence-electron chi connectivity index (χ3n) is 4.05. The molecule has 1 amide bonds. The van der Waals surface area contributed by atoms with E-state index in [0.717, 1.165) is 31.4 Å². The molecule has 1 aliphatic heterocycles. The first-order valence-corrected chi connectivity index (χ1v) is 7.54. The van der Waals surface area contributed by atoms with Crippen molar-refractivity contribution in [1.29, 1.82) is 0 Å². The number of aromatic amines is 1. The van der Waals surface area contributed by atoms with Gasteiger partial charge >= 0.3 is 0 Å². The monoisotopic (exact) mass is 301 g/mol. The molecule has 0 spiro atoms. The summed E-state index contributed by atoms with van der Waals surface area (Å²) < 4.78 is 2.12. The Morgan fingerprint density at radius 1 is 1.45 bits per heavy atom. The summed E-state index contributed by atoms with van der Waals surface area (Å²) in [5.74, 6) is 1.14. The molecule has 1 unspecified atom stereocenters. The van der Waals surface area contributed by atoms with Gasteiger partial charge in [-0.25, -0.2) is 9.97 Å². The molecule has 1 atom stereocenters. The van der Waals surface area contributed by atoms with Gasteiger partial charge in [-0.1, -0.05) is 0 Å². The van der Waals surface area contributed by atoms with Crippen molar-refractivity contribution in [3.05, 3.63) is 46.7 Å². The Kier molecular flexibility index (Phi) is 4.04. The molecule has 3 rings (SSSR count). The number of H-pyrrole nitrogens is 1. The molecular weight excluding hydrogens is 282 g/mol. The predicted molar refractivity (Wildman–Crippen MR) is 80.6 cm³/mol. The number of imidazole rings is 1. The fourth-order valence-electron chi connectivity index (χ4n) is 2.94. The van der Waals surface area contributed by atoms with Gasteiger partial charge in [0.05, 0.1) is 6.20 Å². The molecule has 0 saturated carbocycles. The number of hydrogen-bond donors (Lipinski definition) is 1. The lowest BCUT2D eigenvalue weighted by molar-refractivity contribution is 0.0697. The van der Waals surface area contributed by atoms with Crippen LogP contribution >= 0.6 is 0 Å². The highest BCUT2D eigenvalue weighted by molar-refractivity contribution is 5.92. The summed E-state index contributed by atoms with van der Waals surface area (Å²) >= 11 is 0. The second kappa shape index (κ2) is 6.13. The third-order valence-corrected chi connectivity index (χ3v) is 4.05. The standard InChI is InChI=1S/C15H19N5O2/c1-2-19-7-5-16-14(19)11-4-3-6-20(10-11)15(22)12-8-18-13(21)9-17-12/h5,7-9,11H,2-4,6,10H2,1H3,(H,18,21). The molecule has 22 heavy (non-hydrogen) atoms. The van der Waals surface area contributed by atoms with Crippen molar-refractivity contribution in [3.63, 3.8) is 0 Å². The zero-order valence-electron chi connectivity index (χ0n) is 12.5. The fourth-order valence-corrected chi connectivity index (χ4v) is 2.94. The van der Waals surface area contributed by atoms with E-state index in [1.165, 1.54) is 6.20 Å². The Labute approximate surface area is 128 Å². The van der Waals surface area contributed by atoms with Crippen LogP contribution in [-0.2, 0) is 6.54 Å². The molecule has 7 nitrogen and oxygen atoms in total. The van der Waals surface area contributed by atoms with E-state index in [4.69, 9.17) is 0 Å². The van der Waals surface area contributed by atoms with Gasteiger partial charge in [-0.2, -0.15) is 0 Å². The number of carbonyl (C=O) groups is 1. The van der Waals surface area contributed by atoms with Crippen LogP contribution in [0.3, 0.4) is 0 Å². The molecule has 0 bridgehead atoms. The smallest absolute Gasteiger partial charge is 0.273 e. The topological polar surface area (TPSA) is 83.9 Å². The molecule has 116 valence electrons. The molecule has 7 heteroatoms. The number of piperidine rings is 1. The van der Waals surface area contributed by atoms with Crippen LogP contribution in [0.25, 0.3) is 0 Å². The maximum absolute atomic E-state index is 12.5. The van der Waals surface area contributed by atoms with Gasteiger partial charge in [0.1, 0.15) is 11.5 Å². The molecule has 0 aromatic carbocycles. The van der Waals surface area contributed by atoms with Crippen LogP contribution in [0.15, 0.2) is 29.6 Å². The molecule has 3 heterocycles. The molecule has 1 N–H and O–H groups in total. The maximum Gasteiger partial charge on any atom is 0.273 e. The van der Waals surface area contributed by atoms with Gasteiger partial charge in [-0.3, -0.25) is 9.59 Å². The van der Waals surface area contributed by atoms with Crippen LogP contribution < -0.4 is 5.56 Å². The van der Waals surface area contributed by atoms with Gasteiger partial charge in [0.25, 0.3) is 11.5 Å². The molecule has 1 fully saturated rings. The van der Waals surface area contributed by atoms with Crippen molar-refractivity contribution < 1.29 is 4.79 Å². The molecule has 0 radical (unpaired) electrons. The summed E-state index contributed by atoms with van der Waals surface area (Å²) in [4.78, 5) is 36.2. The van der Waals surface area contributed by atoms with Crippen molar-refractivity contribution in [3.8, 4) is 0 Å². The highest BCUT2D eigenvalue weighted by atomic mass is 16.2. The zero-order valence-corrected chi connectivity index (χ0v) is 12.5. The first-order valence-electron chi connectivity index (χ1n) is 7.54. The Morgan fingerprint density at radius 3 is 3.05 bits per heavy atom. The number of rotatable bonds is 3. The van der Waals surface area contributed by atoms with E-state index in [1.54, 1.807) is 4.90 Å². The molecule has 1 aliphatic rings. The second-order valence-electron chi connectivity index (χ2n) is 5.46. The summed E-state index contributed by atoms with van der Waals surface area (Å²) in [5.41, 5.74) is -0.0304. The summed E-state index contributed by atoms with van der Waals surface area (Å²) in [5, 5.41) is 0. The van der Waals surface area contributed by atoms with E-state index in [9.17, 15) is 9.59 Å². The number of nitrogens with zero attached hydrogens (tertiary/aromatic N) is 4. The molecular formula is C15H19N5O2. The van der Waals surface area contributed by atoms with Gasteiger partial charge in [-0.15, -0.1) is 0 Å². The number of aromatic nitrogens is 4. The largest absolute Gasteiger partial charge is 0.337 e. The highest BCUT2D eigenvalue weighted by Crippen LogP contribution is 2.26. The van der Waals surface area contributed by atoms with Gasteiger partial charge in [0, 0.05) is 44.1 Å². The Bertz CT molecular complexity index is 700. The lowest BCUT2D eigenvalue weighted by Crippen LogP contribution is -2.40. The predicted octanol–water partition coefficient (Wildman–Crippen LogP) is 1.01. The van der Waals surface area contributed by atoms with Gasteiger partial charge in [0.15, 0.2) is 0 Å². The van der Waals surface area contributed by atoms with E-state index in [0.29, 0.717) is 13.1 Å². The minimum atomic E-state index is -0.307. The first-order chi connectivity index (χ1) is 10.7. The van der Waals surface area contributed by atoms with Gasteiger partial charge in [-0.05, 0) is 19.8 Å². The van der Waals surface area contributed by atoms with Crippen LogP contribution in [0.4, 0.5) is 0 Å². The summed E-state index contributed by atoms with van der Waals surface area (Å²) in [7, 11) is 0. The first kappa shape index (κ1) is 14.5. The number of carbonyl (C=O) groups excluding carboxylic acids is 1. The summed E-state index contributed by atoms with van der Waals surface area (Å²) in [6.07, 6.45) is 8.26. The number of likely N-dealkylation sites (tertiary alicyclic amines) is 1. The minimum Gasteiger partial charge on any atom is -0.337 e. The van der Waals surface area contributed by atoms with Crippen molar-refractivity contribution in [2.24, 2.45) is 0 Å². The van der Waals surface area contributed by atoms with Gasteiger partial charge in [0.2, 0.25) is 0 Å². The lowest BCUT2D eigenvalue weighted by Gasteiger charge is -2.32. The van der Waals surface area contributed by atoms with Crippen LogP contribution in [0.1, 0.15) is 42.0 Å². The highest BCUT2D eigenvalue weighted by Gasteiger charge is 2.28. The van der Waals surface area contributed by atoms with Crippen molar-refractivity contribution >= 4 is 5.91 Å². The summed E-state index contributed by atoms with van der Waals surface area (Å²) in [6, 6.07) is 0. The number of hydrogen-bond acceptors (Lipinski definition) is 4. The molecule has 1 saturated heterocycles. The van der Waals surface area contributed by atoms with E-state index in [1.807, 2.05) is 12.4 Å². The number of nitrogens with one attached hydrogen (secondary N) is 1. The second-order valence-corrected chi connectivity index (χ2v) is 5.46. The van der Waals surface area contributed by atoms with Crippen LogP contribution in [0, 0.1) is 0 Å². The average Bonchev–Trinajstić information content (AvgIpc) is 3.04. The Balaban J connectivity index is 1.76. The Morgan fingerprint density at radius 2 is 2.32 bits per heavy atom. The molecule has 2 aromatic rings. The average molecular weight is 301 g/mol. The molecule has 0 aliphatic carbocycles. The Hall–Kier alpha value is -2.44. The van der Waals surface area contributed by atoms with Crippen LogP contribution in [0.5, 0.6) is 0 Å². The summed E-state index contributed by atoms with van der Waals surface area (Å²) in [6.45, 7) is 4.31. The normalized spacial score (nSPS) is 18.4. The fraction of sp³-hybridized carbons (Fsp3) is 0.467. The maximum atomic E-state index is 12.5. The number of amides is 1. The number of aryl methyl sites for hydroxylation is 1. The SMILES string of the molecule is CCn1ccnc1C1CCCN(C(=O)c2c[nH]c(=O)cn2)C1. The lowest BCUT2D eigenvalue weighted by atomic mass is 9.97. The van der Waals surface area contributed by atoms with E-state index < -0.39 is 0 Å². The van der Waals surface area contributed by atoms with Crippen LogP contribution in [0.2, 0.25) is 0 Å². The third kappa shape index (κ3) is 2.79. The van der Waals surface area contributed by atoms with E-state index in [2.05, 4.69) is 26.4 Å². The quantitative estimate of drug-likeness (QED) is 0.917. The van der Waals surface area contributed by atoms with Crippen molar-refractivity contribution in [1.82, 2.24) is 24.4 Å². The zero-order chi connectivity index (χ0) is 15.5. The minimum absolute atomic E-state index is 0.143. The van der Waals surface area contributed by atoms with Gasteiger partial charge < -0.3 is 14.5 Å². The van der Waals surface area contributed by atoms with Crippen molar-refractivity contribution in [2.45, 2.75) is 32.2 Å². The van der Waals surface area contributed by atoms with E-state index >= 15 is 0 Å². The van der Waals surface area contributed by atoms with Crippen molar-refractivity contribution in [2.75, 3.05) is 13.1 Å².